The second kappa shape index (κ2) is 6.18. The van der Waals surface area contributed by atoms with Gasteiger partial charge in [-0.3, -0.25) is 4.79 Å². The van der Waals surface area contributed by atoms with Crippen molar-refractivity contribution in [2.24, 2.45) is 0 Å². The number of aldehydes is 1. The van der Waals surface area contributed by atoms with Gasteiger partial charge in [0.2, 0.25) is 0 Å². The Kier molecular flexibility index (Phi) is 4.33. The van der Waals surface area contributed by atoms with Crippen LogP contribution in [0.3, 0.4) is 0 Å². The van der Waals surface area contributed by atoms with Crippen molar-refractivity contribution in [1.29, 1.82) is 0 Å². The summed E-state index contributed by atoms with van der Waals surface area (Å²) in [4.78, 5) is 10.8. The third kappa shape index (κ3) is 3.43. The van der Waals surface area contributed by atoms with Crippen LogP contribution in [0.15, 0.2) is 48.5 Å². The molecule has 0 radical (unpaired) electrons. The molecule has 0 aliphatic heterocycles. The summed E-state index contributed by atoms with van der Waals surface area (Å²) in [5, 5.41) is 18.4. The lowest BCUT2D eigenvalue weighted by molar-refractivity contribution is 0.112. The standard InChI is InChI=1S/C14H13BO4/c16-9-12-6-7-13(8-14(12)15(17)18)19-10-11-4-2-1-3-5-11/h1-9,17-18H,10H2. The van der Waals surface area contributed by atoms with E-state index in [-0.39, 0.29) is 11.0 Å². The molecule has 2 N–H and O–H groups in total. The van der Waals surface area contributed by atoms with Gasteiger partial charge < -0.3 is 14.8 Å². The van der Waals surface area contributed by atoms with E-state index in [4.69, 9.17) is 4.74 Å². The molecular formula is C14H13BO4. The minimum atomic E-state index is -1.69. The van der Waals surface area contributed by atoms with Crippen molar-refractivity contribution in [3.63, 3.8) is 0 Å². The third-order valence-corrected chi connectivity index (χ3v) is 2.71. The minimum absolute atomic E-state index is 0.139. The van der Waals surface area contributed by atoms with Gasteiger partial charge in [0, 0.05) is 5.56 Å². The summed E-state index contributed by atoms with van der Waals surface area (Å²) in [6, 6.07) is 14.2. The highest BCUT2D eigenvalue weighted by molar-refractivity contribution is 6.60. The smallest absolute Gasteiger partial charge is 0.489 e. The zero-order valence-electron chi connectivity index (χ0n) is 10.2. The van der Waals surface area contributed by atoms with Gasteiger partial charge in [-0.25, -0.2) is 0 Å². The normalized spacial score (nSPS) is 10.0. The molecule has 0 atom stereocenters. The highest BCUT2D eigenvalue weighted by Crippen LogP contribution is 2.12. The molecule has 2 rings (SSSR count). The first-order valence-corrected chi connectivity index (χ1v) is 5.82. The molecule has 5 heteroatoms. The summed E-state index contributed by atoms with van der Waals surface area (Å²) < 4.78 is 5.54. The summed E-state index contributed by atoms with van der Waals surface area (Å²) in [5.41, 5.74) is 1.38. The monoisotopic (exact) mass is 256 g/mol. The molecule has 0 aliphatic rings. The van der Waals surface area contributed by atoms with Gasteiger partial charge in [0.25, 0.3) is 0 Å². The largest absolute Gasteiger partial charge is 0.489 e. The van der Waals surface area contributed by atoms with Crippen LogP contribution in [-0.2, 0) is 6.61 Å². The maximum absolute atomic E-state index is 10.8. The molecule has 0 spiro atoms. The lowest BCUT2D eigenvalue weighted by atomic mass is 9.77. The van der Waals surface area contributed by atoms with Crippen LogP contribution in [0.25, 0.3) is 0 Å². The average Bonchev–Trinajstić information content (AvgIpc) is 2.46. The van der Waals surface area contributed by atoms with Crippen LogP contribution in [0, 0.1) is 0 Å². The molecule has 0 saturated heterocycles. The van der Waals surface area contributed by atoms with Gasteiger partial charge in [0.1, 0.15) is 18.6 Å². The first-order valence-electron chi connectivity index (χ1n) is 5.82. The van der Waals surface area contributed by atoms with Crippen molar-refractivity contribution in [3.05, 3.63) is 59.7 Å². The molecule has 0 aromatic heterocycles. The van der Waals surface area contributed by atoms with E-state index in [0.717, 1.165) is 5.56 Å². The van der Waals surface area contributed by atoms with E-state index in [2.05, 4.69) is 0 Å². The van der Waals surface area contributed by atoms with E-state index in [1.807, 2.05) is 30.3 Å². The van der Waals surface area contributed by atoms with Gasteiger partial charge in [0.15, 0.2) is 0 Å². The molecule has 2 aromatic rings. The zero-order chi connectivity index (χ0) is 13.7. The van der Waals surface area contributed by atoms with Crippen molar-refractivity contribution in [3.8, 4) is 5.75 Å². The van der Waals surface area contributed by atoms with Crippen LogP contribution >= 0.6 is 0 Å². The predicted octanol–water partition coefficient (Wildman–Crippen LogP) is 0.758. The number of ether oxygens (including phenoxy) is 1. The van der Waals surface area contributed by atoms with E-state index in [1.165, 1.54) is 12.1 Å². The van der Waals surface area contributed by atoms with Crippen molar-refractivity contribution < 1.29 is 19.6 Å². The van der Waals surface area contributed by atoms with Gasteiger partial charge in [-0.05, 0) is 29.2 Å². The summed E-state index contributed by atoms with van der Waals surface area (Å²) in [5.74, 6) is 0.484. The molecular weight excluding hydrogens is 243 g/mol. The lowest BCUT2D eigenvalue weighted by Crippen LogP contribution is -2.33. The molecule has 96 valence electrons. The first-order chi connectivity index (χ1) is 9.20. The van der Waals surface area contributed by atoms with E-state index in [9.17, 15) is 14.8 Å². The third-order valence-electron chi connectivity index (χ3n) is 2.71. The molecule has 0 heterocycles. The second-order valence-corrected chi connectivity index (χ2v) is 4.06. The number of carbonyl (C=O) groups excluding carboxylic acids is 1. The Morgan fingerprint density at radius 2 is 1.84 bits per heavy atom. The van der Waals surface area contributed by atoms with Crippen molar-refractivity contribution in [2.75, 3.05) is 0 Å². The fourth-order valence-electron chi connectivity index (χ4n) is 1.71. The second-order valence-electron chi connectivity index (χ2n) is 4.06. The Labute approximate surface area is 111 Å². The molecule has 0 aliphatic carbocycles. The summed E-state index contributed by atoms with van der Waals surface area (Å²) >= 11 is 0. The zero-order valence-corrected chi connectivity index (χ0v) is 10.2. The minimum Gasteiger partial charge on any atom is -0.489 e. The molecule has 2 aromatic carbocycles. The maximum atomic E-state index is 10.8. The topological polar surface area (TPSA) is 66.8 Å². The highest BCUT2D eigenvalue weighted by atomic mass is 16.5. The average molecular weight is 256 g/mol. The lowest BCUT2D eigenvalue weighted by Gasteiger charge is -2.09. The van der Waals surface area contributed by atoms with Crippen molar-refractivity contribution in [1.82, 2.24) is 0 Å². The number of rotatable bonds is 5. The molecule has 0 saturated carbocycles. The molecule has 19 heavy (non-hydrogen) atoms. The number of hydrogen-bond donors (Lipinski definition) is 2. The Bertz CT molecular complexity index is 555. The predicted molar refractivity (Wildman–Crippen MR) is 72.4 cm³/mol. The van der Waals surface area contributed by atoms with Gasteiger partial charge in [-0.15, -0.1) is 0 Å². The summed E-state index contributed by atoms with van der Waals surface area (Å²) in [6.07, 6.45) is 0.579. The van der Waals surface area contributed by atoms with Crippen LogP contribution < -0.4 is 10.2 Å². The Hall–Kier alpha value is -2.11. The quantitative estimate of drug-likeness (QED) is 0.612. The molecule has 0 amide bonds. The van der Waals surface area contributed by atoms with E-state index in [1.54, 1.807) is 6.07 Å². The van der Waals surface area contributed by atoms with Crippen LogP contribution in [0.5, 0.6) is 5.75 Å². The molecule has 0 fully saturated rings. The Balaban J connectivity index is 2.13. The number of hydrogen-bond acceptors (Lipinski definition) is 4. The Morgan fingerprint density at radius 3 is 2.47 bits per heavy atom. The Morgan fingerprint density at radius 1 is 1.11 bits per heavy atom. The molecule has 4 nitrogen and oxygen atoms in total. The van der Waals surface area contributed by atoms with Gasteiger partial charge in [-0.2, -0.15) is 0 Å². The first kappa shape index (κ1) is 13.3. The maximum Gasteiger partial charge on any atom is 0.489 e. The van der Waals surface area contributed by atoms with Gasteiger partial charge in [0.05, 0.1) is 0 Å². The SMILES string of the molecule is O=Cc1ccc(OCc2ccccc2)cc1B(O)O. The summed E-state index contributed by atoms with van der Waals surface area (Å²) in [6.45, 7) is 0.377. The molecule has 0 unspecified atom stereocenters. The van der Waals surface area contributed by atoms with Gasteiger partial charge in [-0.1, -0.05) is 30.3 Å². The van der Waals surface area contributed by atoms with E-state index >= 15 is 0 Å². The highest BCUT2D eigenvalue weighted by Gasteiger charge is 2.16. The van der Waals surface area contributed by atoms with Crippen LogP contribution in [0.4, 0.5) is 0 Å². The number of benzene rings is 2. The van der Waals surface area contributed by atoms with Crippen LogP contribution in [0.2, 0.25) is 0 Å². The van der Waals surface area contributed by atoms with Crippen LogP contribution in [-0.4, -0.2) is 23.5 Å². The van der Waals surface area contributed by atoms with Gasteiger partial charge >= 0.3 is 7.12 Å². The van der Waals surface area contributed by atoms with Crippen molar-refractivity contribution >= 4 is 18.9 Å². The van der Waals surface area contributed by atoms with Crippen molar-refractivity contribution in [2.45, 2.75) is 6.61 Å². The number of carbonyl (C=O) groups is 1. The van der Waals surface area contributed by atoms with E-state index < -0.39 is 7.12 Å². The fraction of sp³-hybridized carbons (Fsp3) is 0.0714. The fourth-order valence-corrected chi connectivity index (χ4v) is 1.71. The molecule has 0 bridgehead atoms. The van der Waals surface area contributed by atoms with E-state index in [0.29, 0.717) is 18.6 Å². The van der Waals surface area contributed by atoms with Crippen LogP contribution in [0.1, 0.15) is 15.9 Å². The summed E-state index contributed by atoms with van der Waals surface area (Å²) in [7, 11) is -1.69.